The van der Waals surface area contributed by atoms with Crippen LogP contribution in [0.1, 0.15) is 25.3 Å². The Labute approximate surface area is 170 Å². The van der Waals surface area contributed by atoms with Crippen molar-refractivity contribution >= 4 is 40.0 Å². The Morgan fingerprint density at radius 2 is 1.93 bits per heavy atom. The molecule has 0 aliphatic rings. The maximum absolute atomic E-state index is 12.2. The SMILES string of the molecule is CC(=O)Nc1ccc(NC(=O)CCCn2c(=O)oc3cc([N+](=O)[O-])ccc32)cc1C. The van der Waals surface area contributed by atoms with E-state index in [1.165, 1.54) is 29.7 Å². The fourth-order valence-electron chi connectivity index (χ4n) is 3.07. The first-order valence-electron chi connectivity index (χ1n) is 9.20. The van der Waals surface area contributed by atoms with Crippen LogP contribution in [0.3, 0.4) is 0 Å². The van der Waals surface area contributed by atoms with Crippen LogP contribution in [0.2, 0.25) is 0 Å². The highest BCUT2D eigenvalue weighted by Gasteiger charge is 2.14. The third-order valence-electron chi connectivity index (χ3n) is 4.47. The molecule has 156 valence electrons. The molecule has 0 bridgehead atoms. The Morgan fingerprint density at radius 3 is 2.60 bits per heavy atom. The lowest BCUT2D eigenvalue weighted by Crippen LogP contribution is -2.17. The van der Waals surface area contributed by atoms with Crippen LogP contribution in [-0.2, 0) is 16.1 Å². The molecule has 1 aromatic heterocycles. The number of aromatic nitrogens is 1. The van der Waals surface area contributed by atoms with Gasteiger partial charge in [0, 0.05) is 37.3 Å². The summed E-state index contributed by atoms with van der Waals surface area (Å²) in [5.74, 6) is -1.03. The van der Waals surface area contributed by atoms with Crippen LogP contribution in [0.4, 0.5) is 17.1 Å². The average Bonchev–Trinajstić information content (AvgIpc) is 2.98. The molecule has 0 aliphatic carbocycles. The summed E-state index contributed by atoms with van der Waals surface area (Å²) in [5.41, 5.74) is 2.50. The van der Waals surface area contributed by atoms with Crippen molar-refractivity contribution in [1.82, 2.24) is 4.57 Å². The minimum absolute atomic E-state index is 0.133. The Kier molecular flexibility index (Phi) is 5.95. The van der Waals surface area contributed by atoms with Gasteiger partial charge in [0.25, 0.3) is 5.69 Å². The number of amides is 2. The first-order chi connectivity index (χ1) is 14.2. The molecular formula is C20H20N4O6. The van der Waals surface area contributed by atoms with E-state index in [1.54, 1.807) is 18.2 Å². The summed E-state index contributed by atoms with van der Waals surface area (Å²) >= 11 is 0. The smallest absolute Gasteiger partial charge is 0.407 e. The predicted octanol–water partition coefficient (Wildman–Crippen LogP) is 3.19. The molecule has 0 radical (unpaired) electrons. The number of fused-ring (bicyclic) bond motifs is 1. The third-order valence-corrected chi connectivity index (χ3v) is 4.47. The van der Waals surface area contributed by atoms with Gasteiger partial charge in [0.1, 0.15) is 0 Å². The highest BCUT2D eigenvalue weighted by Crippen LogP contribution is 2.21. The molecule has 10 nitrogen and oxygen atoms in total. The van der Waals surface area contributed by atoms with E-state index in [4.69, 9.17) is 4.42 Å². The molecule has 0 unspecified atom stereocenters. The summed E-state index contributed by atoms with van der Waals surface area (Å²) in [5, 5.41) is 16.3. The quantitative estimate of drug-likeness (QED) is 0.452. The lowest BCUT2D eigenvalue weighted by atomic mass is 10.1. The van der Waals surface area contributed by atoms with Crippen LogP contribution in [0.25, 0.3) is 11.1 Å². The largest absolute Gasteiger partial charge is 0.419 e. The summed E-state index contributed by atoms with van der Waals surface area (Å²) in [7, 11) is 0. The zero-order chi connectivity index (χ0) is 21.8. The molecule has 0 atom stereocenters. The molecule has 0 spiro atoms. The van der Waals surface area contributed by atoms with Gasteiger partial charge in [0.05, 0.1) is 16.5 Å². The molecule has 3 rings (SSSR count). The first kappa shape index (κ1) is 20.8. The second-order valence-corrected chi connectivity index (χ2v) is 6.79. The van der Waals surface area contributed by atoms with Crippen LogP contribution < -0.4 is 16.4 Å². The Bertz CT molecular complexity index is 1190. The summed E-state index contributed by atoms with van der Waals surface area (Å²) in [6.45, 7) is 3.48. The van der Waals surface area contributed by atoms with Gasteiger partial charge >= 0.3 is 5.76 Å². The number of nitro groups is 1. The molecule has 0 saturated carbocycles. The number of rotatable bonds is 7. The van der Waals surface area contributed by atoms with Crippen molar-refractivity contribution in [2.75, 3.05) is 10.6 Å². The van der Waals surface area contributed by atoms with Crippen molar-refractivity contribution < 1.29 is 18.9 Å². The molecule has 0 fully saturated rings. The molecule has 2 aromatic carbocycles. The molecule has 10 heteroatoms. The van der Waals surface area contributed by atoms with Crippen molar-refractivity contribution in [3.63, 3.8) is 0 Å². The topological polar surface area (TPSA) is 136 Å². The highest BCUT2D eigenvalue weighted by molar-refractivity contribution is 5.93. The van der Waals surface area contributed by atoms with E-state index in [0.29, 0.717) is 23.3 Å². The van der Waals surface area contributed by atoms with Gasteiger partial charge < -0.3 is 15.1 Å². The Hall–Kier alpha value is -3.95. The summed E-state index contributed by atoms with van der Waals surface area (Å²) in [4.78, 5) is 45.7. The number of carbonyl (C=O) groups excluding carboxylic acids is 2. The second kappa shape index (κ2) is 8.60. The van der Waals surface area contributed by atoms with Crippen molar-refractivity contribution in [1.29, 1.82) is 0 Å². The van der Waals surface area contributed by atoms with Gasteiger partial charge in [-0.15, -0.1) is 0 Å². The van der Waals surface area contributed by atoms with Crippen LogP contribution in [0.15, 0.2) is 45.6 Å². The van der Waals surface area contributed by atoms with E-state index >= 15 is 0 Å². The minimum Gasteiger partial charge on any atom is -0.407 e. The number of hydrogen-bond donors (Lipinski definition) is 2. The van der Waals surface area contributed by atoms with E-state index in [9.17, 15) is 24.5 Å². The molecule has 30 heavy (non-hydrogen) atoms. The van der Waals surface area contributed by atoms with Gasteiger partial charge in [-0.1, -0.05) is 0 Å². The van der Waals surface area contributed by atoms with Crippen LogP contribution in [0, 0.1) is 17.0 Å². The molecular weight excluding hydrogens is 392 g/mol. The van der Waals surface area contributed by atoms with E-state index in [1.807, 2.05) is 6.92 Å². The van der Waals surface area contributed by atoms with Gasteiger partial charge in [-0.05, 0) is 43.2 Å². The van der Waals surface area contributed by atoms with E-state index < -0.39 is 10.7 Å². The number of nitrogens with zero attached hydrogens (tertiary/aromatic N) is 2. The van der Waals surface area contributed by atoms with Gasteiger partial charge in [-0.25, -0.2) is 4.79 Å². The number of nitrogens with one attached hydrogen (secondary N) is 2. The van der Waals surface area contributed by atoms with Crippen LogP contribution in [-0.4, -0.2) is 21.3 Å². The Balaban J connectivity index is 1.60. The number of oxazole rings is 1. The van der Waals surface area contributed by atoms with Gasteiger partial charge in [-0.2, -0.15) is 0 Å². The summed E-state index contributed by atoms with van der Waals surface area (Å²) < 4.78 is 6.41. The second-order valence-electron chi connectivity index (χ2n) is 6.79. The first-order valence-corrected chi connectivity index (χ1v) is 9.20. The monoisotopic (exact) mass is 412 g/mol. The maximum atomic E-state index is 12.2. The average molecular weight is 412 g/mol. The number of hydrogen-bond acceptors (Lipinski definition) is 6. The van der Waals surface area contributed by atoms with Crippen molar-refractivity contribution in [2.45, 2.75) is 33.2 Å². The fourth-order valence-corrected chi connectivity index (χ4v) is 3.07. The van der Waals surface area contributed by atoms with Crippen molar-refractivity contribution in [2.24, 2.45) is 0 Å². The van der Waals surface area contributed by atoms with Crippen molar-refractivity contribution in [3.8, 4) is 0 Å². The van der Waals surface area contributed by atoms with Crippen LogP contribution in [0.5, 0.6) is 0 Å². The normalized spacial score (nSPS) is 10.7. The van der Waals surface area contributed by atoms with Crippen molar-refractivity contribution in [3.05, 3.63) is 62.6 Å². The fraction of sp³-hybridized carbons (Fsp3) is 0.250. The number of benzene rings is 2. The summed E-state index contributed by atoms with van der Waals surface area (Å²) in [6, 6.07) is 9.11. The standard InChI is InChI=1S/C20H20N4O6/c1-12-10-14(5-7-16(12)21-13(2)25)22-19(26)4-3-9-23-17-8-6-15(24(28)29)11-18(17)30-20(23)27/h5-8,10-11H,3-4,9H2,1-2H3,(H,21,25)(H,22,26). The van der Waals surface area contributed by atoms with Gasteiger partial charge in [-0.3, -0.25) is 24.3 Å². The number of non-ortho nitro benzene ring substituents is 1. The molecule has 2 N–H and O–H groups in total. The lowest BCUT2D eigenvalue weighted by molar-refractivity contribution is -0.384. The third kappa shape index (κ3) is 4.72. The Morgan fingerprint density at radius 1 is 1.17 bits per heavy atom. The number of nitro benzene ring substituents is 1. The van der Waals surface area contributed by atoms with E-state index in [-0.39, 0.29) is 36.1 Å². The zero-order valence-corrected chi connectivity index (χ0v) is 16.4. The van der Waals surface area contributed by atoms with E-state index in [2.05, 4.69) is 10.6 Å². The molecule has 0 aliphatic heterocycles. The highest BCUT2D eigenvalue weighted by atomic mass is 16.6. The minimum atomic E-state index is -0.630. The predicted molar refractivity (Wildman–Crippen MR) is 110 cm³/mol. The van der Waals surface area contributed by atoms with E-state index in [0.717, 1.165) is 5.56 Å². The molecule has 2 amide bonds. The molecule has 1 heterocycles. The molecule has 0 saturated heterocycles. The molecule has 3 aromatic rings. The van der Waals surface area contributed by atoms with Gasteiger partial charge in [0.2, 0.25) is 11.8 Å². The van der Waals surface area contributed by atoms with Gasteiger partial charge in [0.15, 0.2) is 5.58 Å². The lowest BCUT2D eigenvalue weighted by Gasteiger charge is -2.10. The van der Waals surface area contributed by atoms with Crippen LogP contribution >= 0.6 is 0 Å². The number of aryl methyl sites for hydroxylation is 2. The number of carbonyl (C=O) groups is 2. The maximum Gasteiger partial charge on any atom is 0.419 e. The summed E-state index contributed by atoms with van der Waals surface area (Å²) in [6.07, 6.45) is 0.541. The zero-order valence-electron chi connectivity index (χ0n) is 16.4. The number of anilines is 2.